The lowest BCUT2D eigenvalue weighted by Crippen LogP contribution is -2.50. The highest BCUT2D eigenvalue weighted by molar-refractivity contribution is 7.12. The maximum Gasteiger partial charge on any atom is 0.318 e. The number of ether oxygens (including phenoxy) is 2. The molecule has 2 heterocycles. The van der Waals surface area contributed by atoms with E-state index >= 15 is 0 Å². The molecule has 0 fully saturated rings. The predicted molar refractivity (Wildman–Crippen MR) is 113 cm³/mol. The van der Waals surface area contributed by atoms with E-state index in [0.29, 0.717) is 35.9 Å². The summed E-state index contributed by atoms with van der Waals surface area (Å²) in [4.78, 5) is 27.7. The molecule has 1 aliphatic heterocycles. The number of benzene rings is 1. The molecule has 29 heavy (non-hydrogen) atoms. The number of rotatable bonds is 6. The summed E-state index contributed by atoms with van der Waals surface area (Å²) < 4.78 is 10.9. The summed E-state index contributed by atoms with van der Waals surface area (Å²) in [7, 11) is 3.19. The minimum Gasteiger partial charge on any atom is -0.493 e. The average Bonchev–Trinajstić information content (AvgIpc) is 3.24. The zero-order valence-corrected chi connectivity index (χ0v) is 18.0. The molecule has 0 aliphatic carbocycles. The van der Waals surface area contributed by atoms with E-state index in [0.717, 1.165) is 11.1 Å². The molecule has 156 valence electrons. The van der Waals surface area contributed by atoms with Gasteiger partial charge in [-0.15, -0.1) is 11.3 Å². The number of carbonyl (C=O) groups excluding carboxylic acids is 2. The van der Waals surface area contributed by atoms with Crippen molar-refractivity contribution < 1.29 is 19.1 Å². The van der Waals surface area contributed by atoms with E-state index in [1.165, 1.54) is 11.3 Å². The molecule has 3 rings (SSSR count). The first kappa shape index (κ1) is 21.0. The lowest BCUT2D eigenvalue weighted by Gasteiger charge is -2.38. The third-order valence-electron chi connectivity index (χ3n) is 4.88. The second kappa shape index (κ2) is 9.17. The lowest BCUT2D eigenvalue weighted by atomic mass is 9.91. The fourth-order valence-electron chi connectivity index (χ4n) is 3.51. The summed E-state index contributed by atoms with van der Waals surface area (Å²) >= 11 is 1.39. The van der Waals surface area contributed by atoms with Crippen LogP contribution in [0, 0.1) is 0 Å². The van der Waals surface area contributed by atoms with Crippen molar-refractivity contribution in [1.29, 1.82) is 0 Å². The van der Waals surface area contributed by atoms with Crippen LogP contribution in [0.15, 0.2) is 29.6 Å². The second-order valence-corrected chi connectivity index (χ2v) is 8.10. The second-order valence-electron chi connectivity index (χ2n) is 7.16. The van der Waals surface area contributed by atoms with Gasteiger partial charge in [-0.25, -0.2) is 4.79 Å². The van der Waals surface area contributed by atoms with Gasteiger partial charge in [0.25, 0.3) is 5.91 Å². The van der Waals surface area contributed by atoms with Crippen molar-refractivity contribution in [1.82, 2.24) is 15.5 Å². The zero-order chi connectivity index (χ0) is 21.0. The van der Waals surface area contributed by atoms with Crippen molar-refractivity contribution in [3.63, 3.8) is 0 Å². The van der Waals surface area contributed by atoms with E-state index in [9.17, 15) is 9.59 Å². The SMILES string of the molecule is COc1cc2c(cc1OC)[C@H](CNC(=O)c1cccs1)N(C(=O)NC(C)C)CC2. The average molecular weight is 418 g/mol. The van der Waals surface area contributed by atoms with Gasteiger partial charge in [-0.05, 0) is 55.0 Å². The first-order valence-electron chi connectivity index (χ1n) is 9.58. The highest BCUT2D eigenvalue weighted by Crippen LogP contribution is 2.38. The Balaban J connectivity index is 1.91. The normalized spacial score (nSPS) is 15.6. The van der Waals surface area contributed by atoms with Gasteiger partial charge in [0.1, 0.15) is 0 Å². The number of hydrogen-bond acceptors (Lipinski definition) is 5. The number of thiophene rings is 1. The topological polar surface area (TPSA) is 79.9 Å². The number of nitrogens with zero attached hydrogens (tertiary/aromatic N) is 1. The van der Waals surface area contributed by atoms with Crippen LogP contribution in [0.3, 0.4) is 0 Å². The minimum atomic E-state index is -0.304. The summed E-state index contributed by atoms with van der Waals surface area (Å²) in [5.74, 6) is 1.12. The monoisotopic (exact) mass is 417 g/mol. The molecule has 8 heteroatoms. The molecule has 0 unspecified atom stereocenters. The van der Waals surface area contributed by atoms with Gasteiger partial charge >= 0.3 is 6.03 Å². The molecule has 1 aliphatic rings. The Morgan fingerprint density at radius 2 is 1.97 bits per heavy atom. The van der Waals surface area contributed by atoms with E-state index < -0.39 is 0 Å². The van der Waals surface area contributed by atoms with Crippen molar-refractivity contribution in [2.75, 3.05) is 27.3 Å². The summed E-state index contributed by atoms with van der Waals surface area (Å²) in [5.41, 5.74) is 2.05. The molecular weight excluding hydrogens is 390 g/mol. The van der Waals surface area contributed by atoms with Crippen LogP contribution in [-0.4, -0.2) is 50.2 Å². The molecule has 0 spiro atoms. The number of hydrogen-bond donors (Lipinski definition) is 2. The molecule has 0 bridgehead atoms. The van der Waals surface area contributed by atoms with Gasteiger partial charge in [-0.2, -0.15) is 0 Å². The van der Waals surface area contributed by atoms with Crippen LogP contribution in [0.5, 0.6) is 11.5 Å². The third-order valence-corrected chi connectivity index (χ3v) is 5.75. The van der Waals surface area contributed by atoms with Gasteiger partial charge < -0.3 is 25.0 Å². The summed E-state index contributed by atoms with van der Waals surface area (Å²) in [5, 5.41) is 7.80. The van der Waals surface area contributed by atoms with Gasteiger partial charge in [0.2, 0.25) is 0 Å². The number of carbonyl (C=O) groups is 2. The van der Waals surface area contributed by atoms with Crippen LogP contribution in [0.4, 0.5) is 4.79 Å². The van der Waals surface area contributed by atoms with Crippen LogP contribution >= 0.6 is 11.3 Å². The van der Waals surface area contributed by atoms with Crippen LogP contribution in [-0.2, 0) is 6.42 Å². The Hall–Kier alpha value is -2.74. The Bertz CT molecular complexity index is 867. The van der Waals surface area contributed by atoms with Gasteiger partial charge in [0.15, 0.2) is 11.5 Å². The highest BCUT2D eigenvalue weighted by atomic mass is 32.1. The fraction of sp³-hybridized carbons (Fsp3) is 0.429. The molecule has 2 N–H and O–H groups in total. The van der Waals surface area contributed by atoms with Crippen molar-refractivity contribution in [2.45, 2.75) is 32.4 Å². The maximum atomic E-state index is 12.8. The van der Waals surface area contributed by atoms with Crippen molar-refractivity contribution in [2.24, 2.45) is 0 Å². The van der Waals surface area contributed by atoms with E-state index in [1.807, 2.05) is 37.4 Å². The molecule has 1 aromatic heterocycles. The van der Waals surface area contributed by atoms with Crippen LogP contribution < -0.4 is 20.1 Å². The molecule has 0 saturated heterocycles. The highest BCUT2D eigenvalue weighted by Gasteiger charge is 2.32. The first-order valence-corrected chi connectivity index (χ1v) is 10.5. The van der Waals surface area contributed by atoms with E-state index in [1.54, 1.807) is 25.2 Å². The number of urea groups is 1. The number of amides is 3. The van der Waals surface area contributed by atoms with Gasteiger partial charge in [0.05, 0.1) is 25.1 Å². The largest absolute Gasteiger partial charge is 0.493 e. The van der Waals surface area contributed by atoms with E-state index in [4.69, 9.17) is 9.47 Å². The number of fused-ring (bicyclic) bond motifs is 1. The Morgan fingerprint density at radius 1 is 1.24 bits per heavy atom. The standard InChI is InChI=1S/C21H27N3O4S/c1-13(2)23-21(26)24-8-7-14-10-17(27-3)18(28-4)11-15(14)16(24)12-22-20(25)19-6-5-9-29-19/h5-6,9-11,13,16H,7-8,12H2,1-4H3,(H,22,25)(H,23,26)/t16-/m0/s1. The van der Waals surface area contributed by atoms with Crippen molar-refractivity contribution in [3.05, 3.63) is 45.6 Å². The van der Waals surface area contributed by atoms with Crippen LogP contribution in [0.2, 0.25) is 0 Å². The third kappa shape index (κ3) is 4.64. The lowest BCUT2D eigenvalue weighted by molar-refractivity contribution is 0.0938. The Morgan fingerprint density at radius 3 is 2.59 bits per heavy atom. The van der Waals surface area contributed by atoms with E-state index in [2.05, 4.69) is 10.6 Å². The fourth-order valence-corrected chi connectivity index (χ4v) is 4.15. The first-order chi connectivity index (χ1) is 13.9. The van der Waals surface area contributed by atoms with Gasteiger partial charge in [-0.1, -0.05) is 6.07 Å². The smallest absolute Gasteiger partial charge is 0.318 e. The Labute approximate surface area is 175 Å². The Kier molecular flexibility index (Phi) is 6.64. The van der Waals surface area contributed by atoms with Gasteiger partial charge in [-0.3, -0.25) is 4.79 Å². The summed E-state index contributed by atoms with van der Waals surface area (Å²) in [6.45, 7) is 4.72. The summed E-state index contributed by atoms with van der Waals surface area (Å²) in [6.07, 6.45) is 0.705. The number of methoxy groups -OCH3 is 2. The van der Waals surface area contributed by atoms with Crippen LogP contribution in [0.1, 0.15) is 40.7 Å². The number of nitrogens with one attached hydrogen (secondary N) is 2. The maximum absolute atomic E-state index is 12.8. The zero-order valence-electron chi connectivity index (χ0n) is 17.2. The van der Waals surface area contributed by atoms with Crippen molar-refractivity contribution >= 4 is 23.3 Å². The molecule has 2 aromatic rings. The van der Waals surface area contributed by atoms with Crippen molar-refractivity contribution in [3.8, 4) is 11.5 Å². The molecular formula is C21H27N3O4S. The minimum absolute atomic E-state index is 0.0238. The molecule has 1 atom stereocenters. The molecule has 0 saturated carbocycles. The predicted octanol–water partition coefficient (Wildman–Crippen LogP) is 3.21. The quantitative estimate of drug-likeness (QED) is 0.756. The molecule has 3 amide bonds. The summed E-state index contributed by atoms with van der Waals surface area (Å²) in [6, 6.07) is 7.07. The van der Waals surface area contributed by atoms with Crippen LogP contribution in [0.25, 0.3) is 0 Å². The van der Waals surface area contributed by atoms with E-state index in [-0.39, 0.29) is 24.0 Å². The molecule has 0 radical (unpaired) electrons. The molecule has 1 aromatic carbocycles. The van der Waals surface area contributed by atoms with Gasteiger partial charge in [0, 0.05) is 19.1 Å². The molecule has 7 nitrogen and oxygen atoms in total.